The molecular formula is C20H19N3O3. The first kappa shape index (κ1) is 17.4. The monoisotopic (exact) mass is 349 g/mol. The first-order valence-corrected chi connectivity index (χ1v) is 8.25. The Hall–Kier alpha value is -3.46. The van der Waals surface area contributed by atoms with E-state index in [2.05, 4.69) is 6.07 Å². The maximum Gasteiger partial charge on any atom is 0.338 e. The maximum atomic E-state index is 12.5. The number of esters is 1. The van der Waals surface area contributed by atoms with Gasteiger partial charge in [-0.05, 0) is 43.7 Å². The summed E-state index contributed by atoms with van der Waals surface area (Å²) in [6.45, 7) is 3.61. The van der Waals surface area contributed by atoms with E-state index in [1.807, 2.05) is 53.4 Å². The molecule has 26 heavy (non-hydrogen) atoms. The summed E-state index contributed by atoms with van der Waals surface area (Å²) < 4.78 is 12.6. The third-order valence-electron chi connectivity index (χ3n) is 4.21. The molecule has 0 saturated carbocycles. The molecule has 0 aliphatic carbocycles. The predicted octanol–water partition coefficient (Wildman–Crippen LogP) is 3.12. The smallest absolute Gasteiger partial charge is 0.338 e. The second kappa shape index (κ2) is 7.19. The third-order valence-corrected chi connectivity index (χ3v) is 4.21. The van der Waals surface area contributed by atoms with Crippen molar-refractivity contribution in [2.75, 3.05) is 6.61 Å². The van der Waals surface area contributed by atoms with Crippen LogP contribution in [-0.4, -0.2) is 17.1 Å². The van der Waals surface area contributed by atoms with Gasteiger partial charge in [0, 0.05) is 18.1 Å². The second-order valence-corrected chi connectivity index (χ2v) is 5.80. The Bertz CT molecular complexity index is 933. The summed E-state index contributed by atoms with van der Waals surface area (Å²) in [4.78, 5) is 12.5. The van der Waals surface area contributed by atoms with E-state index >= 15 is 0 Å². The zero-order chi connectivity index (χ0) is 18.7. The molecule has 1 aliphatic rings. The summed E-state index contributed by atoms with van der Waals surface area (Å²) in [5.41, 5.74) is 8.09. The number of hydrogen-bond acceptors (Lipinski definition) is 5. The van der Waals surface area contributed by atoms with E-state index < -0.39 is 11.9 Å². The Morgan fingerprint density at radius 3 is 2.73 bits per heavy atom. The van der Waals surface area contributed by atoms with Gasteiger partial charge >= 0.3 is 5.97 Å². The fraction of sp³-hybridized carbons (Fsp3) is 0.200. The number of nitrogens with two attached hydrogens (primary N) is 1. The molecule has 0 bridgehead atoms. The van der Waals surface area contributed by atoms with Crippen LogP contribution >= 0.6 is 0 Å². The fourth-order valence-corrected chi connectivity index (χ4v) is 3.06. The molecule has 0 radical (unpaired) electrons. The van der Waals surface area contributed by atoms with Gasteiger partial charge in [-0.3, -0.25) is 0 Å². The summed E-state index contributed by atoms with van der Waals surface area (Å²) in [6, 6.07) is 13.5. The van der Waals surface area contributed by atoms with Crippen molar-refractivity contribution in [1.29, 1.82) is 5.26 Å². The quantitative estimate of drug-likeness (QED) is 0.857. The van der Waals surface area contributed by atoms with Crippen molar-refractivity contribution in [1.82, 2.24) is 4.57 Å². The number of carbonyl (C=O) groups excluding carboxylic acids is 1. The predicted molar refractivity (Wildman–Crippen MR) is 95.8 cm³/mol. The molecule has 2 heterocycles. The molecule has 132 valence electrons. The minimum atomic E-state index is -0.636. The van der Waals surface area contributed by atoms with Crippen molar-refractivity contribution in [3.05, 3.63) is 77.1 Å². The van der Waals surface area contributed by atoms with Gasteiger partial charge in [-0.2, -0.15) is 5.26 Å². The molecule has 6 nitrogen and oxygen atoms in total. The Morgan fingerprint density at radius 2 is 2.08 bits per heavy atom. The molecule has 6 heteroatoms. The van der Waals surface area contributed by atoms with Crippen LogP contribution < -0.4 is 5.73 Å². The van der Waals surface area contributed by atoms with Gasteiger partial charge in [0.2, 0.25) is 5.88 Å². The topological polar surface area (TPSA) is 90.3 Å². The molecule has 2 N–H and O–H groups in total. The third kappa shape index (κ3) is 3.07. The van der Waals surface area contributed by atoms with Crippen LogP contribution in [0.4, 0.5) is 0 Å². The van der Waals surface area contributed by atoms with E-state index in [1.54, 1.807) is 13.8 Å². The number of rotatable bonds is 4. The van der Waals surface area contributed by atoms with E-state index in [1.165, 1.54) is 0 Å². The van der Waals surface area contributed by atoms with Crippen LogP contribution in [0.25, 0.3) is 5.69 Å². The van der Waals surface area contributed by atoms with Crippen LogP contribution in [0, 0.1) is 11.3 Å². The van der Waals surface area contributed by atoms with Gasteiger partial charge in [0.05, 0.1) is 18.1 Å². The lowest BCUT2D eigenvalue weighted by molar-refractivity contribution is -0.139. The van der Waals surface area contributed by atoms with Gasteiger partial charge in [0.1, 0.15) is 17.4 Å². The Balaban J connectivity index is 2.14. The van der Waals surface area contributed by atoms with Crippen LogP contribution in [0.3, 0.4) is 0 Å². The molecule has 1 aliphatic heterocycles. The van der Waals surface area contributed by atoms with E-state index in [4.69, 9.17) is 15.2 Å². The molecular weight excluding hydrogens is 330 g/mol. The van der Waals surface area contributed by atoms with Crippen molar-refractivity contribution in [3.8, 4) is 11.8 Å². The van der Waals surface area contributed by atoms with E-state index in [-0.39, 0.29) is 18.1 Å². The molecule has 0 amide bonds. The number of hydrogen-bond donors (Lipinski definition) is 1. The highest BCUT2D eigenvalue weighted by Crippen LogP contribution is 2.40. The van der Waals surface area contributed by atoms with Gasteiger partial charge < -0.3 is 19.8 Å². The molecule has 1 unspecified atom stereocenters. The molecule has 1 aromatic heterocycles. The lowest BCUT2D eigenvalue weighted by Crippen LogP contribution is -2.25. The highest BCUT2D eigenvalue weighted by molar-refractivity contribution is 5.92. The summed E-state index contributed by atoms with van der Waals surface area (Å²) >= 11 is 0. The minimum absolute atomic E-state index is 0.00872. The summed E-state index contributed by atoms with van der Waals surface area (Å²) in [5.74, 6) is -0.796. The highest BCUT2D eigenvalue weighted by atomic mass is 16.5. The lowest BCUT2D eigenvalue weighted by Gasteiger charge is -2.27. The molecule has 1 atom stereocenters. The number of benzene rings is 1. The van der Waals surface area contributed by atoms with Gasteiger partial charge in [0.15, 0.2) is 0 Å². The van der Waals surface area contributed by atoms with Crippen molar-refractivity contribution in [2.24, 2.45) is 5.73 Å². The van der Waals surface area contributed by atoms with Crippen molar-refractivity contribution < 1.29 is 14.3 Å². The average Bonchev–Trinajstić information content (AvgIpc) is 3.16. The van der Waals surface area contributed by atoms with Gasteiger partial charge in [0.25, 0.3) is 0 Å². The standard InChI is InChI=1S/C20H19N3O3/c1-3-25-20(24)17-13(2)26-19(22)16(12-21)18(17)14-7-6-8-15(11-14)23-9-4-5-10-23/h4-11,18H,3,22H2,1-2H3. The summed E-state index contributed by atoms with van der Waals surface area (Å²) in [5, 5.41) is 9.61. The molecule has 0 saturated heterocycles. The lowest BCUT2D eigenvalue weighted by atomic mass is 9.83. The van der Waals surface area contributed by atoms with Crippen molar-refractivity contribution in [2.45, 2.75) is 19.8 Å². The van der Waals surface area contributed by atoms with Crippen LogP contribution in [-0.2, 0) is 14.3 Å². The number of nitriles is 1. The van der Waals surface area contributed by atoms with Crippen molar-refractivity contribution in [3.63, 3.8) is 0 Å². The van der Waals surface area contributed by atoms with Crippen LogP contribution in [0.5, 0.6) is 0 Å². The molecule has 1 aromatic carbocycles. The zero-order valence-corrected chi connectivity index (χ0v) is 14.6. The number of carbonyl (C=O) groups is 1. The van der Waals surface area contributed by atoms with Crippen LogP contribution in [0.1, 0.15) is 25.3 Å². The first-order chi connectivity index (χ1) is 12.6. The Kier molecular flexibility index (Phi) is 4.81. The molecule has 0 fully saturated rings. The van der Waals surface area contributed by atoms with E-state index in [9.17, 15) is 10.1 Å². The Morgan fingerprint density at radius 1 is 1.35 bits per heavy atom. The SMILES string of the molecule is CCOC(=O)C1=C(C)OC(N)=C(C#N)C1c1cccc(-n2cccc2)c1. The average molecular weight is 349 g/mol. The molecule has 3 rings (SSSR count). The van der Waals surface area contributed by atoms with Crippen LogP contribution in [0.15, 0.2) is 71.6 Å². The van der Waals surface area contributed by atoms with Gasteiger partial charge in [-0.1, -0.05) is 12.1 Å². The van der Waals surface area contributed by atoms with E-state index in [0.29, 0.717) is 11.3 Å². The van der Waals surface area contributed by atoms with E-state index in [0.717, 1.165) is 11.3 Å². The van der Waals surface area contributed by atoms with Gasteiger partial charge in [-0.25, -0.2) is 4.79 Å². The largest absolute Gasteiger partial charge is 0.463 e. The zero-order valence-electron chi connectivity index (χ0n) is 14.6. The molecule has 2 aromatic rings. The molecule has 0 spiro atoms. The Labute approximate surface area is 151 Å². The summed E-state index contributed by atoms with van der Waals surface area (Å²) in [7, 11) is 0. The van der Waals surface area contributed by atoms with Gasteiger partial charge in [-0.15, -0.1) is 0 Å². The van der Waals surface area contributed by atoms with Crippen molar-refractivity contribution >= 4 is 5.97 Å². The first-order valence-electron chi connectivity index (χ1n) is 8.25. The maximum absolute atomic E-state index is 12.5. The number of ether oxygens (including phenoxy) is 2. The number of nitrogens with zero attached hydrogens (tertiary/aromatic N) is 2. The normalized spacial score (nSPS) is 16.9. The second-order valence-electron chi connectivity index (χ2n) is 5.80. The fourth-order valence-electron chi connectivity index (χ4n) is 3.06. The van der Waals surface area contributed by atoms with Crippen LogP contribution in [0.2, 0.25) is 0 Å². The highest BCUT2D eigenvalue weighted by Gasteiger charge is 2.36. The summed E-state index contributed by atoms with van der Waals surface area (Å²) in [6.07, 6.45) is 3.84. The number of allylic oxidation sites excluding steroid dienone is 2. The minimum Gasteiger partial charge on any atom is -0.463 e. The number of aromatic nitrogens is 1.